The summed E-state index contributed by atoms with van der Waals surface area (Å²) in [5.74, 6) is -0.833. The number of amides is 4. The summed E-state index contributed by atoms with van der Waals surface area (Å²) in [7, 11) is 0. The second-order valence-electron chi connectivity index (χ2n) is 7.79. The fraction of sp³-hybridized carbons (Fsp3) is 0.318. The van der Waals surface area contributed by atoms with E-state index in [1.807, 2.05) is 37.3 Å². The molecule has 1 aliphatic heterocycles. The number of anilines is 1. The topological polar surface area (TPSA) is 78.5 Å². The van der Waals surface area contributed by atoms with E-state index >= 15 is 0 Å². The third-order valence-corrected chi connectivity index (χ3v) is 6.21. The first-order valence-electron chi connectivity index (χ1n) is 9.60. The van der Waals surface area contributed by atoms with Gasteiger partial charge in [0.1, 0.15) is 12.1 Å². The van der Waals surface area contributed by atoms with Crippen molar-refractivity contribution in [3.63, 3.8) is 0 Å². The summed E-state index contributed by atoms with van der Waals surface area (Å²) in [5.41, 5.74) is 3.65. The average molecular weight is 456 g/mol. The Kier molecular flexibility index (Phi) is 4.94. The van der Waals surface area contributed by atoms with Crippen molar-refractivity contribution < 1.29 is 14.4 Å². The number of aryl methyl sites for hydroxylation is 3. The van der Waals surface area contributed by atoms with E-state index in [4.69, 9.17) is 0 Å². The Labute approximate surface area is 177 Å². The number of hydrogen-bond acceptors (Lipinski definition) is 3. The van der Waals surface area contributed by atoms with Gasteiger partial charge in [-0.1, -0.05) is 34.1 Å². The minimum Gasteiger partial charge on any atom is -0.324 e. The lowest BCUT2D eigenvalue weighted by atomic mass is 9.89. The Balaban J connectivity index is 1.51. The normalized spacial score (nSPS) is 20.6. The first kappa shape index (κ1) is 19.6. The highest BCUT2D eigenvalue weighted by molar-refractivity contribution is 9.10. The first-order chi connectivity index (χ1) is 13.8. The number of fused-ring (bicyclic) bond motifs is 1. The highest BCUT2D eigenvalue weighted by Gasteiger charge is 2.49. The number of carbonyl (C=O) groups excluding carboxylic acids is 3. The molecule has 1 atom stereocenters. The number of nitrogens with one attached hydrogen (secondary N) is 2. The molecule has 1 heterocycles. The molecule has 0 radical (unpaired) electrons. The minimum absolute atomic E-state index is 0.333. The van der Waals surface area contributed by atoms with Crippen LogP contribution in [0.3, 0.4) is 0 Å². The van der Waals surface area contributed by atoms with E-state index in [-0.39, 0.29) is 6.54 Å². The zero-order valence-electron chi connectivity index (χ0n) is 16.3. The van der Waals surface area contributed by atoms with Gasteiger partial charge in [-0.25, -0.2) is 4.79 Å². The summed E-state index contributed by atoms with van der Waals surface area (Å²) >= 11 is 3.38. The maximum absolute atomic E-state index is 13.1. The number of rotatable bonds is 4. The Bertz CT molecular complexity index is 1040. The van der Waals surface area contributed by atoms with Crippen molar-refractivity contribution in [1.82, 2.24) is 10.2 Å². The number of halogens is 1. The van der Waals surface area contributed by atoms with Crippen LogP contribution in [-0.2, 0) is 28.0 Å². The van der Waals surface area contributed by atoms with Gasteiger partial charge in [0, 0.05) is 10.2 Å². The van der Waals surface area contributed by atoms with E-state index < -0.39 is 23.4 Å². The number of imide groups is 1. The van der Waals surface area contributed by atoms with Crippen LogP contribution in [0.4, 0.5) is 10.5 Å². The number of benzene rings is 2. The highest BCUT2D eigenvalue weighted by Crippen LogP contribution is 2.32. The zero-order chi connectivity index (χ0) is 20.8. The Morgan fingerprint density at radius 3 is 2.69 bits per heavy atom. The van der Waals surface area contributed by atoms with Crippen LogP contribution in [0.15, 0.2) is 40.9 Å². The lowest BCUT2D eigenvalue weighted by Gasteiger charge is -2.23. The molecule has 1 unspecified atom stereocenters. The molecule has 0 bridgehead atoms. The van der Waals surface area contributed by atoms with Gasteiger partial charge >= 0.3 is 6.03 Å². The molecule has 4 amide bonds. The van der Waals surface area contributed by atoms with Gasteiger partial charge in [-0.2, -0.15) is 0 Å². The van der Waals surface area contributed by atoms with Crippen LogP contribution in [0.1, 0.15) is 35.6 Å². The SMILES string of the molecule is Cc1cc(Br)ccc1NC(=O)CN1C(=O)NC(C)(c2ccc3c(c2)CCC3)C1=O. The first-order valence-corrected chi connectivity index (χ1v) is 10.4. The summed E-state index contributed by atoms with van der Waals surface area (Å²) in [6.07, 6.45) is 3.14. The molecule has 2 aromatic carbocycles. The molecule has 150 valence electrons. The van der Waals surface area contributed by atoms with Gasteiger partial charge in [-0.15, -0.1) is 0 Å². The van der Waals surface area contributed by atoms with Crippen molar-refractivity contribution in [2.45, 2.75) is 38.6 Å². The van der Waals surface area contributed by atoms with Gasteiger partial charge in [0.15, 0.2) is 0 Å². The van der Waals surface area contributed by atoms with Crippen LogP contribution >= 0.6 is 15.9 Å². The lowest BCUT2D eigenvalue weighted by Crippen LogP contribution is -2.42. The number of hydrogen-bond donors (Lipinski definition) is 2. The van der Waals surface area contributed by atoms with Gasteiger partial charge in [0.25, 0.3) is 5.91 Å². The minimum atomic E-state index is -1.16. The molecule has 2 N–H and O–H groups in total. The van der Waals surface area contributed by atoms with Crippen molar-refractivity contribution in [2.75, 3.05) is 11.9 Å². The van der Waals surface area contributed by atoms with Gasteiger partial charge < -0.3 is 10.6 Å². The summed E-state index contributed by atoms with van der Waals surface area (Å²) in [6.45, 7) is 3.24. The fourth-order valence-corrected chi connectivity index (χ4v) is 4.50. The van der Waals surface area contributed by atoms with Gasteiger partial charge in [0.05, 0.1) is 0 Å². The average Bonchev–Trinajstić information content (AvgIpc) is 3.22. The van der Waals surface area contributed by atoms with Crippen molar-refractivity contribution in [3.8, 4) is 0 Å². The van der Waals surface area contributed by atoms with E-state index in [9.17, 15) is 14.4 Å². The number of nitrogens with zero attached hydrogens (tertiary/aromatic N) is 1. The molecule has 0 aromatic heterocycles. The standard InChI is InChI=1S/C22H22BrN3O3/c1-13-10-17(23)8-9-18(13)24-19(27)12-26-20(28)22(2,25-21(26)29)16-7-6-14-4-3-5-15(14)11-16/h6-11H,3-5,12H2,1-2H3,(H,24,27)(H,25,29). The molecule has 0 spiro atoms. The third kappa shape index (κ3) is 3.55. The molecule has 1 saturated heterocycles. The van der Waals surface area contributed by atoms with E-state index in [0.717, 1.165) is 39.8 Å². The molecule has 2 aromatic rings. The Hall–Kier alpha value is -2.67. The van der Waals surface area contributed by atoms with Crippen LogP contribution < -0.4 is 10.6 Å². The summed E-state index contributed by atoms with van der Waals surface area (Å²) in [5, 5.41) is 5.55. The predicted octanol–water partition coefficient (Wildman–Crippen LogP) is 3.65. The number of urea groups is 1. The molecule has 1 fully saturated rings. The predicted molar refractivity (Wildman–Crippen MR) is 114 cm³/mol. The second kappa shape index (κ2) is 7.30. The van der Waals surface area contributed by atoms with E-state index in [0.29, 0.717) is 5.69 Å². The summed E-state index contributed by atoms with van der Waals surface area (Å²) in [4.78, 5) is 39.1. The van der Waals surface area contributed by atoms with Gasteiger partial charge in [0.2, 0.25) is 5.91 Å². The van der Waals surface area contributed by atoms with Crippen LogP contribution in [0, 0.1) is 6.92 Å². The molecular formula is C22H22BrN3O3. The molecule has 6 nitrogen and oxygen atoms in total. The molecule has 29 heavy (non-hydrogen) atoms. The van der Waals surface area contributed by atoms with Crippen LogP contribution in [0.2, 0.25) is 0 Å². The molecule has 1 aliphatic carbocycles. The third-order valence-electron chi connectivity index (χ3n) is 5.72. The molecule has 2 aliphatic rings. The fourth-order valence-electron chi connectivity index (χ4n) is 4.02. The van der Waals surface area contributed by atoms with E-state index in [1.165, 1.54) is 11.1 Å². The Morgan fingerprint density at radius 2 is 1.93 bits per heavy atom. The van der Waals surface area contributed by atoms with Crippen molar-refractivity contribution in [1.29, 1.82) is 0 Å². The monoisotopic (exact) mass is 455 g/mol. The second-order valence-corrected chi connectivity index (χ2v) is 8.71. The zero-order valence-corrected chi connectivity index (χ0v) is 17.9. The van der Waals surface area contributed by atoms with Crippen LogP contribution in [-0.4, -0.2) is 29.3 Å². The molecule has 0 saturated carbocycles. The van der Waals surface area contributed by atoms with Crippen molar-refractivity contribution in [2.24, 2.45) is 0 Å². The van der Waals surface area contributed by atoms with E-state index in [2.05, 4.69) is 26.6 Å². The number of carbonyl (C=O) groups is 3. The van der Waals surface area contributed by atoms with Gasteiger partial charge in [-0.05, 0) is 73.6 Å². The van der Waals surface area contributed by atoms with Gasteiger partial charge in [-0.3, -0.25) is 14.5 Å². The Morgan fingerprint density at radius 1 is 1.17 bits per heavy atom. The molecule has 4 rings (SSSR count). The smallest absolute Gasteiger partial charge is 0.324 e. The van der Waals surface area contributed by atoms with Crippen molar-refractivity contribution >= 4 is 39.5 Å². The molecule has 7 heteroatoms. The maximum Gasteiger partial charge on any atom is 0.325 e. The van der Waals surface area contributed by atoms with Crippen LogP contribution in [0.5, 0.6) is 0 Å². The molecular weight excluding hydrogens is 434 g/mol. The largest absolute Gasteiger partial charge is 0.325 e. The van der Waals surface area contributed by atoms with Crippen LogP contribution in [0.25, 0.3) is 0 Å². The highest BCUT2D eigenvalue weighted by atomic mass is 79.9. The summed E-state index contributed by atoms with van der Waals surface area (Å²) in [6, 6.07) is 10.9. The maximum atomic E-state index is 13.1. The quantitative estimate of drug-likeness (QED) is 0.690. The van der Waals surface area contributed by atoms with E-state index in [1.54, 1.807) is 13.0 Å². The van der Waals surface area contributed by atoms with Crippen molar-refractivity contribution in [3.05, 3.63) is 63.1 Å². The lowest BCUT2D eigenvalue weighted by molar-refractivity contribution is -0.133. The summed E-state index contributed by atoms with van der Waals surface area (Å²) < 4.78 is 0.909.